The summed E-state index contributed by atoms with van der Waals surface area (Å²) in [6.07, 6.45) is 1.14. The zero-order valence-electron chi connectivity index (χ0n) is 8.17. The van der Waals surface area contributed by atoms with E-state index >= 15 is 0 Å². The van der Waals surface area contributed by atoms with Crippen molar-refractivity contribution in [2.75, 3.05) is 33.9 Å². The molecule has 4 nitrogen and oxygen atoms in total. The van der Waals surface area contributed by atoms with Gasteiger partial charge < -0.3 is 10.1 Å². The molecule has 13 heavy (non-hydrogen) atoms. The summed E-state index contributed by atoms with van der Waals surface area (Å²) in [5, 5.41) is 5.65. The minimum absolute atomic E-state index is 0.613. The van der Waals surface area contributed by atoms with Crippen LogP contribution in [0.1, 0.15) is 6.42 Å². The van der Waals surface area contributed by atoms with Gasteiger partial charge in [0.05, 0.1) is 6.61 Å². The molecule has 0 aromatic heterocycles. The second kappa shape index (κ2) is 5.36. The van der Waals surface area contributed by atoms with E-state index in [4.69, 9.17) is 17.0 Å². The molecule has 0 aromatic rings. The first-order chi connectivity index (χ1) is 6.18. The van der Waals surface area contributed by atoms with Gasteiger partial charge in [-0.25, -0.2) is 5.01 Å². The van der Waals surface area contributed by atoms with E-state index in [0.29, 0.717) is 11.0 Å². The van der Waals surface area contributed by atoms with Crippen LogP contribution >= 0.6 is 12.2 Å². The standard InChI is InChI=1S/C8H17N3OS/c1-11(2)10-8(13)9-5-7-3-4-12-6-7/h7H,3-6H2,1-2H3,(H2,9,10,13). The number of rotatable bonds is 3. The number of ether oxygens (including phenoxy) is 1. The minimum Gasteiger partial charge on any atom is -0.381 e. The Morgan fingerprint density at radius 1 is 1.62 bits per heavy atom. The third-order valence-corrected chi connectivity index (χ3v) is 2.14. The fourth-order valence-corrected chi connectivity index (χ4v) is 1.49. The highest BCUT2D eigenvalue weighted by molar-refractivity contribution is 7.80. The average molecular weight is 203 g/mol. The van der Waals surface area contributed by atoms with Crippen LogP contribution in [0.25, 0.3) is 0 Å². The largest absolute Gasteiger partial charge is 0.381 e. The Kier molecular flexibility index (Phi) is 4.41. The third-order valence-electron chi connectivity index (χ3n) is 1.90. The lowest BCUT2D eigenvalue weighted by Gasteiger charge is -2.17. The number of nitrogens with one attached hydrogen (secondary N) is 2. The Labute approximate surface area is 84.6 Å². The van der Waals surface area contributed by atoms with E-state index in [1.54, 1.807) is 0 Å². The summed E-state index contributed by atoms with van der Waals surface area (Å²) in [5.74, 6) is 0.613. The van der Waals surface area contributed by atoms with Crippen molar-refractivity contribution in [2.45, 2.75) is 6.42 Å². The molecule has 0 amide bonds. The summed E-state index contributed by atoms with van der Waals surface area (Å²) in [4.78, 5) is 0. The van der Waals surface area contributed by atoms with Gasteiger partial charge in [0.1, 0.15) is 0 Å². The highest BCUT2D eigenvalue weighted by Crippen LogP contribution is 2.10. The number of nitrogens with zero attached hydrogens (tertiary/aromatic N) is 1. The average Bonchev–Trinajstić information content (AvgIpc) is 2.51. The molecule has 1 fully saturated rings. The Hall–Kier alpha value is -0.390. The quantitative estimate of drug-likeness (QED) is 0.497. The molecule has 1 unspecified atom stereocenters. The van der Waals surface area contributed by atoms with E-state index in [2.05, 4.69) is 10.7 Å². The number of hydrogen-bond acceptors (Lipinski definition) is 3. The fourth-order valence-electron chi connectivity index (χ4n) is 1.22. The second-order valence-electron chi connectivity index (χ2n) is 3.45. The molecular weight excluding hydrogens is 186 g/mol. The topological polar surface area (TPSA) is 36.5 Å². The maximum atomic E-state index is 5.26. The molecule has 1 rings (SSSR count). The van der Waals surface area contributed by atoms with E-state index < -0.39 is 0 Å². The van der Waals surface area contributed by atoms with E-state index in [1.807, 2.05) is 19.1 Å². The maximum absolute atomic E-state index is 5.26. The highest BCUT2D eigenvalue weighted by atomic mass is 32.1. The lowest BCUT2D eigenvalue weighted by molar-refractivity contribution is 0.186. The van der Waals surface area contributed by atoms with Crippen molar-refractivity contribution >= 4 is 17.3 Å². The SMILES string of the molecule is CN(C)NC(=S)NCC1CCOC1. The van der Waals surface area contributed by atoms with Crippen LogP contribution in [-0.4, -0.2) is 44.0 Å². The van der Waals surface area contributed by atoms with Crippen LogP contribution in [0.5, 0.6) is 0 Å². The lowest BCUT2D eigenvalue weighted by atomic mass is 10.1. The van der Waals surface area contributed by atoms with Crippen LogP contribution in [0.15, 0.2) is 0 Å². The number of hydrazine groups is 1. The van der Waals surface area contributed by atoms with E-state index in [-0.39, 0.29) is 0 Å². The Morgan fingerprint density at radius 3 is 2.92 bits per heavy atom. The molecule has 0 aliphatic carbocycles. The van der Waals surface area contributed by atoms with E-state index in [0.717, 1.165) is 26.2 Å². The molecule has 1 saturated heterocycles. The monoisotopic (exact) mass is 203 g/mol. The van der Waals surface area contributed by atoms with Crippen molar-refractivity contribution in [1.82, 2.24) is 15.8 Å². The van der Waals surface area contributed by atoms with Gasteiger partial charge in [-0.2, -0.15) is 0 Å². The van der Waals surface area contributed by atoms with Crippen LogP contribution in [0.3, 0.4) is 0 Å². The van der Waals surface area contributed by atoms with Crippen LogP contribution in [0.2, 0.25) is 0 Å². The molecular formula is C8H17N3OS. The smallest absolute Gasteiger partial charge is 0.181 e. The summed E-state index contributed by atoms with van der Waals surface area (Å²) < 4.78 is 5.26. The van der Waals surface area contributed by atoms with Gasteiger partial charge in [0, 0.05) is 33.2 Å². The molecule has 0 aromatic carbocycles. The first kappa shape index (κ1) is 10.7. The number of thiocarbonyl (C=S) groups is 1. The fraction of sp³-hybridized carbons (Fsp3) is 0.875. The van der Waals surface area contributed by atoms with Gasteiger partial charge in [-0.1, -0.05) is 0 Å². The van der Waals surface area contributed by atoms with Gasteiger partial charge in [-0.15, -0.1) is 0 Å². The van der Waals surface area contributed by atoms with Gasteiger partial charge in [-0.3, -0.25) is 5.43 Å². The molecule has 0 radical (unpaired) electrons. The third kappa shape index (κ3) is 4.40. The van der Waals surface area contributed by atoms with E-state index in [1.165, 1.54) is 0 Å². The van der Waals surface area contributed by atoms with Crippen LogP contribution in [-0.2, 0) is 4.74 Å². The summed E-state index contributed by atoms with van der Waals surface area (Å²) in [6, 6.07) is 0. The summed E-state index contributed by atoms with van der Waals surface area (Å²) >= 11 is 5.06. The van der Waals surface area contributed by atoms with Crippen LogP contribution in [0, 0.1) is 5.92 Å². The summed E-state index contributed by atoms with van der Waals surface area (Å²) in [7, 11) is 3.82. The predicted molar refractivity (Wildman–Crippen MR) is 56.3 cm³/mol. The van der Waals surface area contributed by atoms with Crippen molar-refractivity contribution in [3.05, 3.63) is 0 Å². The zero-order valence-corrected chi connectivity index (χ0v) is 8.99. The van der Waals surface area contributed by atoms with Crippen LogP contribution in [0.4, 0.5) is 0 Å². The van der Waals surface area contributed by atoms with Crippen molar-refractivity contribution in [3.63, 3.8) is 0 Å². The molecule has 0 saturated carbocycles. The lowest BCUT2D eigenvalue weighted by Crippen LogP contribution is -2.44. The first-order valence-electron chi connectivity index (χ1n) is 4.48. The minimum atomic E-state index is 0.613. The van der Waals surface area contributed by atoms with Gasteiger partial charge >= 0.3 is 0 Å². The molecule has 0 spiro atoms. The van der Waals surface area contributed by atoms with Crippen molar-refractivity contribution in [3.8, 4) is 0 Å². The van der Waals surface area contributed by atoms with Gasteiger partial charge in [-0.05, 0) is 18.6 Å². The summed E-state index contributed by atoms with van der Waals surface area (Å²) in [5.41, 5.74) is 2.98. The van der Waals surface area contributed by atoms with Crippen molar-refractivity contribution in [2.24, 2.45) is 5.92 Å². The molecule has 1 atom stereocenters. The van der Waals surface area contributed by atoms with Crippen molar-refractivity contribution in [1.29, 1.82) is 0 Å². The Morgan fingerprint density at radius 2 is 2.38 bits per heavy atom. The normalized spacial score (nSPS) is 21.9. The molecule has 2 N–H and O–H groups in total. The predicted octanol–water partition coefficient (Wildman–Crippen LogP) is -0.0364. The number of hydrogen-bond donors (Lipinski definition) is 2. The molecule has 1 aliphatic heterocycles. The molecule has 1 aliphatic rings. The molecule has 1 heterocycles. The molecule has 0 bridgehead atoms. The molecule has 76 valence electrons. The second-order valence-corrected chi connectivity index (χ2v) is 3.85. The van der Waals surface area contributed by atoms with Crippen molar-refractivity contribution < 1.29 is 4.74 Å². The molecule has 5 heteroatoms. The highest BCUT2D eigenvalue weighted by Gasteiger charge is 2.15. The van der Waals surface area contributed by atoms with Gasteiger partial charge in [0.25, 0.3) is 0 Å². The van der Waals surface area contributed by atoms with Gasteiger partial charge in [0.15, 0.2) is 5.11 Å². The van der Waals surface area contributed by atoms with Crippen LogP contribution < -0.4 is 10.7 Å². The Bertz CT molecular complexity index is 169. The van der Waals surface area contributed by atoms with E-state index in [9.17, 15) is 0 Å². The summed E-state index contributed by atoms with van der Waals surface area (Å²) in [6.45, 7) is 2.65. The van der Waals surface area contributed by atoms with Gasteiger partial charge in [0.2, 0.25) is 0 Å². The first-order valence-corrected chi connectivity index (χ1v) is 4.89. The zero-order chi connectivity index (χ0) is 9.68. The Balaban J connectivity index is 2.07. The maximum Gasteiger partial charge on any atom is 0.181 e.